The fourth-order valence-electron chi connectivity index (χ4n) is 2.67. The third-order valence-electron chi connectivity index (χ3n) is 3.64. The number of hydrogen-bond donors (Lipinski definition) is 1. The Labute approximate surface area is 125 Å². The van der Waals surface area contributed by atoms with Gasteiger partial charge in [-0.05, 0) is 24.6 Å². The Kier molecular flexibility index (Phi) is 3.40. The summed E-state index contributed by atoms with van der Waals surface area (Å²) in [6.45, 7) is 1.78. The van der Waals surface area contributed by atoms with Gasteiger partial charge in [0.1, 0.15) is 17.7 Å². The van der Waals surface area contributed by atoms with Crippen LogP contribution in [0.2, 0.25) is 0 Å². The van der Waals surface area contributed by atoms with E-state index in [1.54, 1.807) is 17.7 Å². The Hall–Kier alpha value is -2.70. The van der Waals surface area contributed by atoms with Gasteiger partial charge in [-0.2, -0.15) is 5.10 Å². The largest absolute Gasteiger partial charge is 0.468 e. The number of ether oxygens (including phenoxy) is 1. The molecule has 1 aromatic heterocycles. The first-order valence-electron chi connectivity index (χ1n) is 6.71. The minimum atomic E-state index is -1.08. The number of halogens is 1. The smallest absolute Gasteiger partial charge is 0.320 e. The maximum atomic E-state index is 13.2. The predicted molar refractivity (Wildman–Crippen MR) is 75.6 cm³/mol. The van der Waals surface area contributed by atoms with Crippen molar-refractivity contribution in [3.8, 4) is 0 Å². The van der Waals surface area contributed by atoms with Crippen LogP contribution >= 0.6 is 0 Å². The van der Waals surface area contributed by atoms with E-state index in [1.807, 2.05) is 0 Å². The molecule has 3 rings (SSSR count). The summed E-state index contributed by atoms with van der Waals surface area (Å²) in [5.74, 6) is -2.10. The normalized spacial score (nSPS) is 20.2. The van der Waals surface area contributed by atoms with Crippen molar-refractivity contribution in [2.45, 2.75) is 13.0 Å². The molecule has 7 heteroatoms. The molecule has 1 aliphatic heterocycles. The molecule has 1 aromatic carbocycles. The standard InChI is InChI=1S/C15H14FN3O3/c1-8-7-11-17-14(20)12(15(21)22-2)13(19(11)18-8)9-3-5-10(16)6-4-9/h3-7,12-13H,1-2H3,(H,17,20). The average Bonchev–Trinajstić information content (AvgIpc) is 2.86. The number of nitrogens with one attached hydrogen (secondary N) is 1. The van der Waals surface area contributed by atoms with Gasteiger partial charge < -0.3 is 10.1 Å². The molecule has 0 saturated carbocycles. The van der Waals surface area contributed by atoms with Crippen LogP contribution in [-0.4, -0.2) is 28.8 Å². The zero-order valence-electron chi connectivity index (χ0n) is 12.0. The van der Waals surface area contributed by atoms with Crippen molar-refractivity contribution in [2.75, 3.05) is 12.4 Å². The fourth-order valence-corrected chi connectivity index (χ4v) is 2.67. The minimum Gasteiger partial charge on any atom is -0.468 e. The van der Waals surface area contributed by atoms with Crippen LogP contribution in [0.1, 0.15) is 17.3 Å². The Balaban J connectivity index is 2.16. The summed E-state index contributed by atoms with van der Waals surface area (Å²) in [5, 5.41) is 6.98. The number of carbonyl (C=O) groups excluding carboxylic acids is 2. The van der Waals surface area contributed by atoms with Crippen molar-refractivity contribution in [3.05, 3.63) is 47.4 Å². The first-order chi connectivity index (χ1) is 10.5. The van der Waals surface area contributed by atoms with Crippen molar-refractivity contribution in [1.29, 1.82) is 0 Å². The van der Waals surface area contributed by atoms with Crippen LogP contribution in [0.25, 0.3) is 0 Å². The lowest BCUT2D eigenvalue weighted by molar-refractivity contribution is -0.150. The second kappa shape index (κ2) is 5.25. The molecule has 22 heavy (non-hydrogen) atoms. The van der Waals surface area contributed by atoms with Gasteiger partial charge in [0.2, 0.25) is 5.91 Å². The lowest BCUT2D eigenvalue weighted by Crippen LogP contribution is -2.43. The van der Waals surface area contributed by atoms with E-state index in [2.05, 4.69) is 10.4 Å². The molecule has 0 fully saturated rings. The van der Waals surface area contributed by atoms with E-state index in [4.69, 9.17) is 4.74 Å². The number of benzene rings is 1. The molecule has 0 bridgehead atoms. The number of carbonyl (C=O) groups is 2. The van der Waals surface area contributed by atoms with Crippen molar-refractivity contribution in [1.82, 2.24) is 9.78 Å². The van der Waals surface area contributed by atoms with Crippen LogP contribution in [0.4, 0.5) is 10.2 Å². The lowest BCUT2D eigenvalue weighted by Gasteiger charge is -2.30. The summed E-state index contributed by atoms with van der Waals surface area (Å²) >= 11 is 0. The highest BCUT2D eigenvalue weighted by atomic mass is 19.1. The van der Waals surface area contributed by atoms with Crippen molar-refractivity contribution in [3.63, 3.8) is 0 Å². The van der Waals surface area contributed by atoms with Gasteiger partial charge in [-0.3, -0.25) is 9.59 Å². The maximum absolute atomic E-state index is 13.2. The Bertz CT molecular complexity index is 739. The molecule has 1 N–H and O–H groups in total. The van der Waals surface area contributed by atoms with Crippen LogP contribution in [0.3, 0.4) is 0 Å². The number of rotatable bonds is 2. The van der Waals surface area contributed by atoms with E-state index in [0.29, 0.717) is 17.1 Å². The summed E-state index contributed by atoms with van der Waals surface area (Å²) in [4.78, 5) is 24.3. The number of aromatic nitrogens is 2. The first-order valence-corrected chi connectivity index (χ1v) is 6.71. The topological polar surface area (TPSA) is 73.2 Å². The molecule has 0 radical (unpaired) electrons. The molecule has 2 unspecified atom stereocenters. The van der Waals surface area contributed by atoms with Crippen LogP contribution in [0.5, 0.6) is 0 Å². The second-order valence-electron chi connectivity index (χ2n) is 5.10. The minimum absolute atomic E-state index is 0.393. The van der Waals surface area contributed by atoms with E-state index < -0.39 is 29.7 Å². The monoisotopic (exact) mass is 303 g/mol. The third kappa shape index (κ3) is 2.24. The number of aryl methyl sites for hydroxylation is 1. The first kappa shape index (κ1) is 14.2. The Morgan fingerprint density at radius 2 is 2.05 bits per heavy atom. The predicted octanol–water partition coefficient (Wildman–Crippen LogP) is 1.66. The highest BCUT2D eigenvalue weighted by Crippen LogP contribution is 2.35. The van der Waals surface area contributed by atoms with Crippen LogP contribution in [0, 0.1) is 18.7 Å². The van der Waals surface area contributed by atoms with Crippen LogP contribution in [-0.2, 0) is 14.3 Å². The Morgan fingerprint density at radius 1 is 1.36 bits per heavy atom. The molecular formula is C15H14FN3O3. The summed E-state index contributed by atoms with van der Waals surface area (Å²) in [5.41, 5.74) is 1.31. The van der Waals surface area contributed by atoms with Gasteiger partial charge in [0.15, 0.2) is 5.92 Å². The van der Waals surface area contributed by atoms with E-state index >= 15 is 0 Å². The quantitative estimate of drug-likeness (QED) is 0.676. The number of fused-ring (bicyclic) bond motifs is 1. The van der Waals surface area contributed by atoms with Gasteiger partial charge >= 0.3 is 5.97 Å². The van der Waals surface area contributed by atoms with Crippen molar-refractivity contribution >= 4 is 17.7 Å². The highest BCUT2D eigenvalue weighted by molar-refractivity contribution is 6.06. The van der Waals surface area contributed by atoms with E-state index in [-0.39, 0.29) is 0 Å². The van der Waals surface area contributed by atoms with Gasteiger partial charge in [0.05, 0.1) is 12.8 Å². The van der Waals surface area contributed by atoms with E-state index in [1.165, 1.54) is 31.4 Å². The summed E-state index contributed by atoms with van der Waals surface area (Å²) in [7, 11) is 1.22. The fraction of sp³-hybridized carbons (Fsp3) is 0.267. The van der Waals surface area contributed by atoms with Crippen LogP contribution in [0.15, 0.2) is 30.3 Å². The molecule has 1 amide bonds. The SMILES string of the molecule is COC(=O)C1C(=O)Nc2cc(C)nn2C1c1ccc(F)cc1. The van der Waals surface area contributed by atoms with E-state index in [9.17, 15) is 14.0 Å². The Morgan fingerprint density at radius 3 is 2.68 bits per heavy atom. The zero-order valence-corrected chi connectivity index (χ0v) is 12.0. The van der Waals surface area contributed by atoms with Gasteiger partial charge in [-0.1, -0.05) is 12.1 Å². The van der Waals surface area contributed by atoms with Crippen molar-refractivity contribution < 1.29 is 18.7 Å². The molecule has 114 valence electrons. The van der Waals surface area contributed by atoms with Gasteiger partial charge in [-0.25, -0.2) is 9.07 Å². The molecule has 0 saturated heterocycles. The molecule has 2 aromatic rings. The number of anilines is 1. The molecule has 2 heterocycles. The van der Waals surface area contributed by atoms with Gasteiger partial charge in [0, 0.05) is 6.07 Å². The summed E-state index contributed by atoms with van der Waals surface area (Å²) < 4.78 is 19.5. The molecular weight excluding hydrogens is 289 g/mol. The number of esters is 1. The molecule has 0 spiro atoms. The maximum Gasteiger partial charge on any atom is 0.320 e. The van der Waals surface area contributed by atoms with Gasteiger partial charge in [-0.15, -0.1) is 0 Å². The second-order valence-corrected chi connectivity index (χ2v) is 5.10. The molecule has 0 aliphatic carbocycles. The zero-order chi connectivity index (χ0) is 15.9. The summed E-state index contributed by atoms with van der Waals surface area (Å²) in [6, 6.07) is 6.68. The lowest BCUT2D eigenvalue weighted by atomic mass is 9.90. The molecule has 2 atom stereocenters. The van der Waals surface area contributed by atoms with Gasteiger partial charge in [0.25, 0.3) is 0 Å². The third-order valence-corrected chi connectivity index (χ3v) is 3.64. The van der Waals surface area contributed by atoms with E-state index in [0.717, 1.165) is 0 Å². The number of hydrogen-bond acceptors (Lipinski definition) is 4. The summed E-state index contributed by atoms with van der Waals surface area (Å²) in [6.07, 6.45) is 0. The number of nitrogens with zero attached hydrogens (tertiary/aromatic N) is 2. The van der Waals surface area contributed by atoms with Crippen molar-refractivity contribution in [2.24, 2.45) is 5.92 Å². The highest BCUT2D eigenvalue weighted by Gasteiger charge is 2.43. The average molecular weight is 303 g/mol. The van der Waals surface area contributed by atoms with Crippen LogP contribution < -0.4 is 5.32 Å². The number of methoxy groups -OCH3 is 1. The molecule has 1 aliphatic rings. The number of amides is 1. The molecule has 6 nitrogen and oxygen atoms in total.